The highest BCUT2D eigenvalue weighted by Crippen LogP contribution is 2.44. The molecule has 19 heavy (non-hydrogen) atoms. The van der Waals surface area contributed by atoms with Crippen molar-refractivity contribution >= 4 is 9.84 Å². The Bertz CT molecular complexity index is 501. The summed E-state index contributed by atoms with van der Waals surface area (Å²) >= 11 is 0. The molecule has 3 nitrogen and oxygen atoms in total. The molecular formula is C15H22O3S. The zero-order chi connectivity index (χ0) is 13.9. The van der Waals surface area contributed by atoms with Gasteiger partial charge in [0.05, 0.1) is 23.7 Å². The standard InChI is InChI=1S/C15H22O3S/c1-13(2)11-19(16,17)15(8-9-15)12-18-10-14-6-4-3-5-7-14/h3-7,13H,8-12H2,1-2H3. The zero-order valence-corrected chi connectivity index (χ0v) is 12.4. The molecule has 2 rings (SSSR count). The molecule has 0 aromatic heterocycles. The van der Waals surface area contributed by atoms with Crippen LogP contribution in [0.2, 0.25) is 0 Å². The number of hydrogen-bond acceptors (Lipinski definition) is 3. The molecule has 1 aromatic carbocycles. The van der Waals surface area contributed by atoms with Crippen LogP contribution in [-0.2, 0) is 21.2 Å². The van der Waals surface area contributed by atoms with E-state index in [0.717, 1.165) is 18.4 Å². The van der Waals surface area contributed by atoms with Crippen LogP contribution in [0.4, 0.5) is 0 Å². The van der Waals surface area contributed by atoms with Crippen molar-refractivity contribution in [2.24, 2.45) is 5.92 Å². The summed E-state index contributed by atoms with van der Waals surface area (Å²) in [4.78, 5) is 0. The Morgan fingerprint density at radius 1 is 1.21 bits per heavy atom. The van der Waals surface area contributed by atoms with Crippen LogP contribution < -0.4 is 0 Å². The van der Waals surface area contributed by atoms with E-state index < -0.39 is 14.6 Å². The van der Waals surface area contributed by atoms with Crippen LogP contribution in [0, 0.1) is 5.92 Å². The Morgan fingerprint density at radius 3 is 2.37 bits per heavy atom. The topological polar surface area (TPSA) is 43.4 Å². The fourth-order valence-electron chi connectivity index (χ4n) is 2.23. The van der Waals surface area contributed by atoms with Gasteiger partial charge in [-0.25, -0.2) is 8.42 Å². The van der Waals surface area contributed by atoms with E-state index in [1.54, 1.807) is 0 Å². The zero-order valence-electron chi connectivity index (χ0n) is 11.6. The minimum atomic E-state index is -3.03. The van der Waals surface area contributed by atoms with Gasteiger partial charge >= 0.3 is 0 Å². The first-order chi connectivity index (χ1) is 8.95. The van der Waals surface area contributed by atoms with Crippen molar-refractivity contribution < 1.29 is 13.2 Å². The monoisotopic (exact) mass is 282 g/mol. The molecule has 0 unspecified atom stereocenters. The highest BCUT2D eigenvalue weighted by Gasteiger charge is 2.54. The largest absolute Gasteiger partial charge is 0.375 e. The predicted octanol–water partition coefficient (Wildman–Crippen LogP) is 2.81. The lowest BCUT2D eigenvalue weighted by Crippen LogP contribution is -2.32. The fourth-order valence-corrected chi connectivity index (χ4v) is 4.45. The third-order valence-corrected chi connectivity index (χ3v) is 6.45. The first kappa shape index (κ1) is 14.5. The van der Waals surface area contributed by atoms with Gasteiger partial charge in [0.25, 0.3) is 0 Å². The molecule has 1 aliphatic rings. The molecule has 0 saturated heterocycles. The first-order valence-electron chi connectivity index (χ1n) is 6.79. The number of ether oxygens (including phenoxy) is 1. The van der Waals surface area contributed by atoms with Crippen LogP contribution in [0.5, 0.6) is 0 Å². The van der Waals surface area contributed by atoms with Gasteiger partial charge in [0.15, 0.2) is 9.84 Å². The lowest BCUT2D eigenvalue weighted by atomic mass is 10.2. The summed E-state index contributed by atoms with van der Waals surface area (Å²) in [5.41, 5.74) is 1.08. The molecule has 0 bridgehead atoms. The lowest BCUT2D eigenvalue weighted by Gasteiger charge is -2.18. The van der Waals surface area contributed by atoms with Gasteiger partial charge in [0, 0.05) is 0 Å². The lowest BCUT2D eigenvalue weighted by molar-refractivity contribution is 0.116. The molecule has 0 N–H and O–H groups in total. The molecule has 0 amide bonds. The van der Waals surface area contributed by atoms with Gasteiger partial charge in [-0.2, -0.15) is 0 Å². The van der Waals surface area contributed by atoms with E-state index in [-0.39, 0.29) is 11.7 Å². The normalized spacial score (nSPS) is 17.6. The molecule has 4 heteroatoms. The Hall–Kier alpha value is -0.870. The van der Waals surface area contributed by atoms with Gasteiger partial charge in [0.1, 0.15) is 0 Å². The second kappa shape index (κ2) is 5.63. The molecule has 1 fully saturated rings. The molecule has 0 radical (unpaired) electrons. The molecule has 1 aromatic rings. The van der Waals surface area contributed by atoms with Crippen LogP contribution in [-0.4, -0.2) is 25.5 Å². The quantitative estimate of drug-likeness (QED) is 0.772. The minimum Gasteiger partial charge on any atom is -0.375 e. The van der Waals surface area contributed by atoms with Crippen molar-refractivity contribution in [1.82, 2.24) is 0 Å². The third-order valence-electron chi connectivity index (χ3n) is 3.50. The Labute approximate surface area is 115 Å². The maximum atomic E-state index is 12.3. The number of sulfone groups is 1. The second-order valence-electron chi connectivity index (χ2n) is 5.84. The molecule has 0 aliphatic heterocycles. The van der Waals surface area contributed by atoms with Crippen LogP contribution in [0.15, 0.2) is 30.3 Å². The van der Waals surface area contributed by atoms with Crippen molar-refractivity contribution in [2.75, 3.05) is 12.4 Å². The highest BCUT2D eigenvalue weighted by molar-refractivity contribution is 7.93. The van der Waals surface area contributed by atoms with Crippen molar-refractivity contribution in [1.29, 1.82) is 0 Å². The van der Waals surface area contributed by atoms with Gasteiger partial charge in [0.2, 0.25) is 0 Å². The molecular weight excluding hydrogens is 260 g/mol. The number of benzene rings is 1. The molecule has 0 heterocycles. The summed E-state index contributed by atoms with van der Waals surface area (Å²) in [6.07, 6.45) is 1.49. The van der Waals surface area contributed by atoms with Gasteiger partial charge in [-0.15, -0.1) is 0 Å². The summed E-state index contributed by atoms with van der Waals surface area (Å²) in [7, 11) is -3.03. The van der Waals surface area contributed by atoms with Crippen molar-refractivity contribution in [3.05, 3.63) is 35.9 Å². The van der Waals surface area contributed by atoms with Crippen molar-refractivity contribution in [3.8, 4) is 0 Å². The molecule has 1 aliphatic carbocycles. The van der Waals surface area contributed by atoms with Crippen LogP contribution in [0.3, 0.4) is 0 Å². The Morgan fingerprint density at radius 2 is 1.84 bits per heavy atom. The minimum absolute atomic E-state index is 0.177. The predicted molar refractivity (Wildman–Crippen MR) is 76.7 cm³/mol. The molecule has 106 valence electrons. The summed E-state index contributed by atoms with van der Waals surface area (Å²) in [5, 5.41) is 0. The summed E-state index contributed by atoms with van der Waals surface area (Å²) in [5.74, 6) is 0.443. The summed E-state index contributed by atoms with van der Waals surface area (Å²) < 4.78 is 29.6. The van der Waals surface area contributed by atoms with E-state index in [4.69, 9.17) is 4.74 Å². The average Bonchev–Trinajstić information content (AvgIpc) is 3.10. The first-order valence-corrected chi connectivity index (χ1v) is 8.44. The molecule has 1 saturated carbocycles. The maximum absolute atomic E-state index is 12.3. The second-order valence-corrected chi connectivity index (χ2v) is 8.27. The number of hydrogen-bond donors (Lipinski definition) is 0. The molecule has 0 spiro atoms. The van der Waals surface area contributed by atoms with Crippen LogP contribution >= 0.6 is 0 Å². The van der Waals surface area contributed by atoms with E-state index >= 15 is 0 Å². The number of rotatable bonds is 7. The van der Waals surface area contributed by atoms with Crippen LogP contribution in [0.25, 0.3) is 0 Å². The van der Waals surface area contributed by atoms with Crippen molar-refractivity contribution in [2.45, 2.75) is 38.0 Å². The Kier molecular flexibility index (Phi) is 4.31. The SMILES string of the molecule is CC(C)CS(=O)(=O)C1(COCc2ccccc2)CC1. The van der Waals surface area contributed by atoms with E-state index in [9.17, 15) is 8.42 Å². The van der Waals surface area contributed by atoms with E-state index in [0.29, 0.717) is 13.2 Å². The van der Waals surface area contributed by atoms with Crippen molar-refractivity contribution in [3.63, 3.8) is 0 Å². The van der Waals surface area contributed by atoms with Gasteiger partial charge in [-0.3, -0.25) is 0 Å². The average molecular weight is 282 g/mol. The summed E-state index contributed by atoms with van der Waals surface area (Å²) in [6, 6.07) is 9.85. The summed E-state index contributed by atoms with van der Waals surface area (Å²) in [6.45, 7) is 4.70. The fraction of sp³-hybridized carbons (Fsp3) is 0.600. The molecule has 0 atom stereocenters. The Balaban J connectivity index is 1.89. The van der Waals surface area contributed by atoms with Gasteiger partial charge in [-0.1, -0.05) is 44.2 Å². The highest BCUT2D eigenvalue weighted by atomic mass is 32.2. The van der Waals surface area contributed by atoms with Gasteiger partial charge < -0.3 is 4.74 Å². The smallest absolute Gasteiger partial charge is 0.158 e. The van der Waals surface area contributed by atoms with E-state index in [1.807, 2.05) is 44.2 Å². The maximum Gasteiger partial charge on any atom is 0.158 e. The van der Waals surface area contributed by atoms with Gasteiger partial charge in [-0.05, 0) is 24.3 Å². The van der Waals surface area contributed by atoms with Crippen LogP contribution in [0.1, 0.15) is 32.3 Å². The van der Waals surface area contributed by atoms with E-state index in [2.05, 4.69) is 0 Å². The van der Waals surface area contributed by atoms with E-state index in [1.165, 1.54) is 0 Å². The third kappa shape index (κ3) is 3.57.